The molecule has 0 amide bonds. The zero-order valence-corrected chi connectivity index (χ0v) is 13.8. The predicted octanol–water partition coefficient (Wildman–Crippen LogP) is 4.33. The van der Waals surface area contributed by atoms with Gasteiger partial charge in [-0.05, 0) is 49.1 Å². The third-order valence-electron chi connectivity index (χ3n) is 5.00. The first-order chi connectivity index (χ1) is 9.80. The molecule has 2 nitrogen and oxygen atoms in total. The quantitative estimate of drug-likeness (QED) is 0.897. The average Bonchev–Trinajstić information content (AvgIpc) is 2.44. The van der Waals surface area contributed by atoms with Gasteiger partial charge in [-0.15, -0.1) is 0 Å². The first-order valence-electron chi connectivity index (χ1n) is 7.53. The molecule has 0 aliphatic heterocycles. The molecule has 0 spiro atoms. The fourth-order valence-electron chi connectivity index (χ4n) is 3.21. The van der Waals surface area contributed by atoms with Gasteiger partial charge in [0.2, 0.25) is 0 Å². The van der Waals surface area contributed by atoms with E-state index in [0.717, 1.165) is 25.7 Å². The fraction of sp³-hybridized carbons (Fsp3) is 0.647. The molecular weight excluding hydrogens is 289 g/mol. The minimum atomic E-state index is -0.364. The molecule has 1 aliphatic rings. The van der Waals surface area contributed by atoms with Crippen molar-refractivity contribution in [3.05, 3.63) is 34.6 Å². The monoisotopic (exact) mass is 313 g/mol. The van der Waals surface area contributed by atoms with Crippen molar-refractivity contribution in [2.24, 2.45) is 11.1 Å². The molecule has 0 bridgehead atoms. The Balaban J connectivity index is 2.14. The molecule has 2 rings (SSSR count). The van der Waals surface area contributed by atoms with Crippen molar-refractivity contribution in [3.63, 3.8) is 0 Å². The zero-order chi connectivity index (χ0) is 15.7. The van der Waals surface area contributed by atoms with E-state index in [-0.39, 0.29) is 22.5 Å². The van der Waals surface area contributed by atoms with Crippen LogP contribution in [0.4, 0.5) is 4.39 Å². The lowest BCUT2D eigenvalue weighted by Crippen LogP contribution is -2.53. The van der Waals surface area contributed by atoms with Crippen LogP contribution >= 0.6 is 11.6 Å². The zero-order valence-electron chi connectivity index (χ0n) is 13.1. The summed E-state index contributed by atoms with van der Waals surface area (Å²) in [5.41, 5.74) is 6.94. The van der Waals surface area contributed by atoms with Gasteiger partial charge in [0.15, 0.2) is 0 Å². The van der Waals surface area contributed by atoms with Gasteiger partial charge in [0.1, 0.15) is 5.82 Å². The van der Waals surface area contributed by atoms with Crippen molar-refractivity contribution in [3.8, 4) is 0 Å². The molecule has 1 aliphatic carbocycles. The number of halogens is 2. The van der Waals surface area contributed by atoms with Crippen molar-refractivity contribution in [1.82, 2.24) is 0 Å². The highest BCUT2D eigenvalue weighted by molar-refractivity contribution is 6.30. The van der Waals surface area contributed by atoms with Gasteiger partial charge < -0.3 is 10.5 Å². The fourth-order valence-corrected chi connectivity index (χ4v) is 3.40. The molecule has 118 valence electrons. The van der Waals surface area contributed by atoms with Crippen LogP contribution in [0.3, 0.4) is 0 Å². The summed E-state index contributed by atoms with van der Waals surface area (Å²) in [7, 11) is 1.71. The van der Waals surface area contributed by atoms with Crippen LogP contribution in [-0.4, -0.2) is 18.8 Å². The largest absolute Gasteiger partial charge is 0.377 e. The van der Waals surface area contributed by atoms with Crippen molar-refractivity contribution < 1.29 is 9.13 Å². The molecular formula is C17H25ClFNO. The summed E-state index contributed by atoms with van der Waals surface area (Å²) in [5.74, 6) is -0.364. The van der Waals surface area contributed by atoms with Gasteiger partial charge in [-0.2, -0.15) is 0 Å². The Morgan fingerprint density at radius 3 is 2.48 bits per heavy atom. The highest BCUT2D eigenvalue weighted by Gasteiger charge is 2.42. The molecule has 0 saturated heterocycles. The number of benzene rings is 1. The van der Waals surface area contributed by atoms with E-state index in [9.17, 15) is 4.39 Å². The third-order valence-corrected chi connectivity index (χ3v) is 5.30. The van der Waals surface area contributed by atoms with Gasteiger partial charge in [-0.25, -0.2) is 4.39 Å². The summed E-state index contributed by atoms with van der Waals surface area (Å²) in [6, 6.07) is 4.83. The van der Waals surface area contributed by atoms with E-state index in [0.29, 0.717) is 17.4 Å². The average molecular weight is 314 g/mol. The van der Waals surface area contributed by atoms with Crippen molar-refractivity contribution >= 4 is 11.6 Å². The van der Waals surface area contributed by atoms with E-state index in [2.05, 4.69) is 13.8 Å². The van der Waals surface area contributed by atoms with E-state index in [1.807, 2.05) is 0 Å². The maximum atomic E-state index is 14.1. The number of nitrogens with two attached hydrogens (primary N) is 1. The smallest absolute Gasteiger partial charge is 0.145 e. The van der Waals surface area contributed by atoms with E-state index in [1.165, 1.54) is 0 Å². The lowest BCUT2D eigenvalue weighted by molar-refractivity contribution is -0.0782. The highest BCUT2D eigenvalue weighted by atomic mass is 35.5. The molecule has 2 N–H and O–H groups in total. The molecule has 4 heteroatoms. The van der Waals surface area contributed by atoms with Crippen LogP contribution in [0.2, 0.25) is 5.02 Å². The molecule has 1 aromatic carbocycles. The minimum absolute atomic E-state index is 0.149. The maximum Gasteiger partial charge on any atom is 0.145 e. The standard InChI is InChI=1S/C17H25ClFNO/c1-16(2)7-9-17(21-3,10-8-16)14(20)11-12-5-4-6-13(18)15(12)19/h4-6,14H,7-11,20H2,1-3H3. The highest BCUT2D eigenvalue weighted by Crippen LogP contribution is 2.43. The van der Waals surface area contributed by atoms with Crippen molar-refractivity contribution in [1.29, 1.82) is 0 Å². The topological polar surface area (TPSA) is 35.2 Å². The molecule has 1 unspecified atom stereocenters. The van der Waals surface area contributed by atoms with Crippen LogP contribution in [0, 0.1) is 11.2 Å². The van der Waals surface area contributed by atoms with Crippen molar-refractivity contribution in [2.45, 2.75) is 57.6 Å². The molecule has 1 fully saturated rings. The number of hydrogen-bond acceptors (Lipinski definition) is 2. The number of rotatable bonds is 4. The second-order valence-electron chi connectivity index (χ2n) is 6.96. The molecule has 0 heterocycles. The van der Waals surface area contributed by atoms with Crippen LogP contribution in [-0.2, 0) is 11.2 Å². The Morgan fingerprint density at radius 1 is 1.29 bits per heavy atom. The van der Waals surface area contributed by atoms with E-state index >= 15 is 0 Å². The minimum Gasteiger partial charge on any atom is -0.377 e. The van der Waals surface area contributed by atoms with Crippen LogP contribution in [0.15, 0.2) is 18.2 Å². The summed E-state index contributed by atoms with van der Waals surface area (Å²) in [6.45, 7) is 4.55. The van der Waals surface area contributed by atoms with E-state index in [1.54, 1.807) is 25.3 Å². The van der Waals surface area contributed by atoms with Gasteiger partial charge in [0, 0.05) is 13.2 Å². The predicted molar refractivity (Wildman–Crippen MR) is 85.1 cm³/mol. The maximum absolute atomic E-state index is 14.1. The lowest BCUT2D eigenvalue weighted by Gasteiger charge is -2.46. The summed E-state index contributed by atoms with van der Waals surface area (Å²) in [6.07, 6.45) is 4.43. The lowest BCUT2D eigenvalue weighted by atomic mass is 9.68. The second kappa shape index (κ2) is 6.23. The van der Waals surface area contributed by atoms with Gasteiger partial charge in [-0.3, -0.25) is 0 Å². The number of hydrogen-bond donors (Lipinski definition) is 1. The summed E-state index contributed by atoms with van der Waals surface area (Å²) in [5, 5.41) is 0.149. The van der Waals surface area contributed by atoms with Gasteiger partial charge >= 0.3 is 0 Å². The van der Waals surface area contributed by atoms with Crippen LogP contribution in [0.1, 0.15) is 45.1 Å². The van der Waals surface area contributed by atoms with E-state index < -0.39 is 0 Å². The van der Waals surface area contributed by atoms with Gasteiger partial charge in [0.05, 0.1) is 10.6 Å². The van der Waals surface area contributed by atoms with Crippen LogP contribution in [0.5, 0.6) is 0 Å². The van der Waals surface area contributed by atoms with Gasteiger partial charge in [-0.1, -0.05) is 37.6 Å². The molecule has 0 radical (unpaired) electrons. The second-order valence-corrected chi connectivity index (χ2v) is 7.36. The molecule has 21 heavy (non-hydrogen) atoms. The Kier molecular flexibility index (Phi) is 4.96. The number of methoxy groups -OCH3 is 1. The Hall–Kier alpha value is -0.640. The van der Waals surface area contributed by atoms with E-state index in [4.69, 9.17) is 22.1 Å². The van der Waals surface area contributed by atoms with Gasteiger partial charge in [0.25, 0.3) is 0 Å². The Labute approximate surface area is 131 Å². The summed E-state index contributed by atoms with van der Waals surface area (Å²) in [4.78, 5) is 0. The first kappa shape index (κ1) is 16.7. The normalized spacial score (nSPS) is 22.0. The number of ether oxygens (including phenoxy) is 1. The Morgan fingerprint density at radius 2 is 1.90 bits per heavy atom. The SMILES string of the molecule is COC1(C(N)Cc2cccc(Cl)c2F)CCC(C)(C)CC1. The van der Waals surface area contributed by atoms with Crippen molar-refractivity contribution in [2.75, 3.05) is 7.11 Å². The first-order valence-corrected chi connectivity index (χ1v) is 7.91. The summed E-state index contributed by atoms with van der Waals surface area (Å²) >= 11 is 5.84. The molecule has 1 saturated carbocycles. The summed E-state index contributed by atoms with van der Waals surface area (Å²) < 4.78 is 19.8. The van der Waals surface area contributed by atoms with Crippen LogP contribution in [0.25, 0.3) is 0 Å². The Bertz CT molecular complexity index is 494. The molecule has 0 aromatic heterocycles. The van der Waals surface area contributed by atoms with Crippen LogP contribution < -0.4 is 5.73 Å². The molecule has 1 atom stereocenters. The molecule has 1 aromatic rings. The third kappa shape index (κ3) is 3.58.